The summed E-state index contributed by atoms with van der Waals surface area (Å²) in [7, 11) is 0. The number of carbonyl (C=O) groups is 1. The summed E-state index contributed by atoms with van der Waals surface area (Å²) in [4.78, 5) is 11.8. The van der Waals surface area contributed by atoms with E-state index < -0.39 is 0 Å². The van der Waals surface area contributed by atoms with Crippen molar-refractivity contribution in [3.8, 4) is 11.5 Å². The standard InChI is InChI=1S/C19H21NO3/c1-13-3-4-16(12-18(13)22)9-10-20-19(23)8-6-15-5-7-17(21)14(2)11-15/h3-8,11-12,21-22H,9-10H2,1-2H3,(H,20,23)/b8-6+. The fourth-order valence-electron chi connectivity index (χ4n) is 2.15. The maximum absolute atomic E-state index is 11.8. The predicted octanol–water partition coefficient (Wildman–Crippen LogP) is 3.09. The first kappa shape index (κ1) is 16.6. The van der Waals surface area contributed by atoms with Gasteiger partial charge in [0.05, 0.1) is 0 Å². The molecule has 1 amide bonds. The summed E-state index contributed by atoms with van der Waals surface area (Å²) >= 11 is 0. The van der Waals surface area contributed by atoms with Gasteiger partial charge in [0.25, 0.3) is 0 Å². The van der Waals surface area contributed by atoms with E-state index in [9.17, 15) is 15.0 Å². The number of aryl methyl sites for hydroxylation is 2. The average Bonchev–Trinajstić information content (AvgIpc) is 2.52. The van der Waals surface area contributed by atoms with Gasteiger partial charge in [-0.3, -0.25) is 4.79 Å². The molecule has 0 heterocycles. The second-order valence-corrected chi connectivity index (χ2v) is 5.54. The van der Waals surface area contributed by atoms with Crippen LogP contribution in [0, 0.1) is 13.8 Å². The predicted molar refractivity (Wildman–Crippen MR) is 91.4 cm³/mol. The van der Waals surface area contributed by atoms with Crippen molar-refractivity contribution in [2.45, 2.75) is 20.3 Å². The Labute approximate surface area is 136 Å². The molecule has 120 valence electrons. The molecule has 0 aliphatic carbocycles. The van der Waals surface area contributed by atoms with Gasteiger partial charge in [0.2, 0.25) is 5.91 Å². The van der Waals surface area contributed by atoms with Gasteiger partial charge in [0, 0.05) is 12.6 Å². The molecule has 4 nitrogen and oxygen atoms in total. The Morgan fingerprint density at radius 3 is 2.52 bits per heavy atom. The van der Waals surface area contributed by atoms with Crippen molar-refractivity contribution in [3.63, 3.8) is 0 Å². The van der Waals surface area contributed by atoms with Crippen LogP contribution in [0.15, 0.2) is 42.5 Å². The maximum Gasteiger partial charge on any atom is 0.244 e. The molecule has 2 aromatic rings. The Kier molecular flexibility index (Phi) is 5.41. The number of carbonyl (C=O) groups excluding carboxylic acids is 1. The van der Waals surface area contributed by atoms with E-state index in [-0.39, 0.29) is 17.4 Å². The van der Waals surface area contributed by atoms with Gasteiger partial charge in [-0.25, -0.2) is 0 Å². The van der Waals surface area contributed by atoms with Gasteiger partial charge in [-0.15, -0.1) is 0 Å². The molecule has 0 bridgehead atoms. The van der Waals surface area contributed by atoms with Crippen LogP contribution < -0.4 is 5.32 Å². The molecule has 0 spiro atoms. The van der Waals surface area contributed by atoms with Gasteiger partial charge in [0.15, 0.2) is 0 Å². The van der Waals surface area contributed by atoms with Crippen molar-refractivity contribution < 1.29 is 15.0 Å². The number of rotatable bonds is 5. The van der Waals surface area contributed by atoms with Crippen LogP contribution in [0.2, 0.25) is 0 Å². The summed E-state index contributed by atoms with van der Waals surface area (Å²) in [5.41, 5.74) is 3.45. The van der Waals surface area contributed by atoms with Crippen molar-refractivity contribution in [3.05, 3.63) is 64.7 Å². The van der Waals surface area contributed by atoms with E-state index in [0.717, 1.165) is 22.3 Å². The first-order chi connectivity index (χ1) is 11.0. The Morgan fingerprint density at radius 2 is 1.83 bits per heavy atom. The second kappa shape index (κ2) is 7.49. The van der Waals surface area contributed by atoms with Crippen LogP contribution in [0.3, 0.4) is 0 Å². The first-order valence-corrected chi connectivity index (χ1v) is 7.50. The lowest BCUT2D eigenvalue weighted by Gasteiger charge is -2.05. The Balaban J connectivity index is 1.83. The lowest BCUT2D eigenvalue weighted by atomic mass is 10.1. The fraction of sp³-hybridized carbons (Fsp3) is 0.211. The third-order valence-electron chi connectivity index (χ3n) is 3.63. The minimum absolute atomic E-state index is 0.174. The van der Waals surface area contributed by atoms with Crippen molar-refractivity contribution in [1.82, 2.24) is 5.32 Å². The zero-order valence-electron chi connectivity index (χ0n) is 13.3. The smallest absolute Gasteiger partial charge is 0.244 e. The zero-order chi connectivity index (χ0) is 16.8. The van der Waals surface area contributed by atoms with Crippen LogP contribution in [0.1, 0.15) is 22.3 Å². The van der Waals surface area contributed by atoms with Gasteiger partial charge in [-0.05, 0) is 66.8 Å². The number of hydrogen-bond acceptors (Lipinski definition) is 3. The highest BCUT2D eigenvalue weighted by atomic mass is 16.3. The third-order valence-corrected chi connectivity index (χ3v) is 3.63. The number of benzene rings is 2. The van der Waals surface area contributed by atoms with E-state index >= 15 is 0 Å². The highest BCUT2D eigenvalue weighted by Crippen LogP contribution is 2.18. The molecule has 0 radical (unpaired) electrons. The summed E-state index contributed by atoms with van der Waals surface area (Å²) in [6.07, 6.45) is 3.84. The van der Waals surface area contributed by atoms with E-state index in [4.69, 9.17) is 0 Å². The van der Waals surface area contributed by atoms with Crippen molar-refractivity contribution >= 4 is 12.0 Å². The quantitative estimate of drug-likeness (QED) is 0.743. The molecule has 4 heteroatoms. The normalized spacial score (nSPS) is 10.9. The highest BCUT2D eigenvalue weighted by Gasteiger charge is 2.01. The Bertz CT molecular complexity index is 735. The number of nitrogens with one attached hydrogen (secondary N) is 1. The van der Waals surface area contributed by atoms with Gasteiger partial charge < -0.3 is 15.5 Å². The summed E-state index contributed by atoms with van der Waals surface area (Å²) in [6, 6.07) is 10.7. The van der Waals surface area contributed by atoms with Crippen LogP contribution >= 0.6 is 0 Å². The molecule has 0 fully saturated rings. The molecule has 0 atom stereocenters. The van der Waals surface area contributed by atoms with Crippen molar-refractivity contribution in [1.29, 1.82) is 0 Å². The molecule has 2 aromatic carbocycles. The molecule has 0 aromatic heterocycles. The molecule has 0 aliphatic rings. The van der Waals surface area contributed by atoms with Crippen LogP contribution in [0.4, 0.5) is 0 Å². The number of phenols is 2. The number of phenolic OH excluding ortho intramolecular Hbond substituents is 2. The molecular weight excluding hydrogens is 290 g/mol. The maximum atomic E-state index is 11.8. The molecule has 23 heavy (non-hydrogen) atoms. The average molecular weight is 311 g/mol. The molecule has 0 saturated heterocycles. The Hall–Kier alpha value is -2.75. The molecule has 0 aliphatic heterocycles. The van der Waals surface area contributed by atoms with Crippen LogP contribution in [-0.2, 0) is 11.2 Å². The molecular formula is C19H21NO3. The topological polar surface area (TPSA) is 69.6 Å². The second-order valence-electron chi connectivity index (χ2n) is 5.54. The zero-order valence-corrected chi connectivity index (χ0v) is 13.3. The molecule has 0 unspecified atom stereocenters. The largest absolute Gasteiger partial charge is 0.508 e. The number of aromatic hydroxyl groups is 2. The first-order valence-electron chi connectivity index (χ1n) is 7.50. The van der Waals surface area contributed by atoms with Gasteiger partial charge in [-0.2, -0.15) is 0 Å². The van der Waals surface area contributed by atoms with E-state index in [1.54, 1.807) is 24.3 Å². The SMILES string of the molecule is Cc1cc(/C=C/C(=O)NCCc2ccc(C)c(O)c2)ccc1O. The van der Waals surface area contributed by atoms with E-state index in [2.05, 4.69) is 5.32 Å². The Morgan fingerprint density at radius 1 is 1.04 bits per heavy atom. The lowest BCUT2D eigenvalue weighted by Crippen LogP contribution is -2.23. The lowest BCUT2D eigenvalue weighted by molar-refractivity contribution is -0.116. The van der Waals surface area contributed by atoms with Crippen LogP contribution in [0.25, 0.3) is 6.08 Å². The number of amides is 1. The summed E-state index contributed by atoms with van der Waals surface area (Å²) in [5, 5.41) is 21.9. The molecule has 2 rings (SSSR count). The van der Waals surface area contributed by atoms with Gasteiger partial charge in [-0.1, -0.05) is 18.2 Å². The minimum atomic E-state index is -0.174. The fourth-order valence-corrected chi connectivity index (χ4v) is 2.15. The van der Waals surface area contributed by atoms with Gasteiger partial charge >= 0.3 is 0 Å². The van der Waals surface area contributed by atoms with E-state index in [1.807, 2.05) is 32.0 Å². The number of hydrogen-bond donors (Lipinski definition) is 3. The summed E-state index contributed by atoms with van der Waals surface area (Å²) < 4.78 is 0. The van der Waals surface area contributed by atoms with Crippen LogP contribution in [-0.4, -0.2) is 22.7 Å². The summed E-state index contributed by atoms with van der Waals surface area (Å²) in [6.45, 7) is 4.15. The van der Waals surface area contributed by atoms with Crippen molar-refractivity contribution in [2.75, 3.05) is 6.54 Å². The summed E-state index contributed by atoms with van der Waals surface area (Å²) in [5.74, 6) is 0.344. The monoisotopic (exact) mass is 311 g/mol. The molecule has 0 saturated carbocycles. The van der Waals surface area contributed by atoms with Crippen LogP contribution in [0.5, 0.6) is 11.5 Å². The molecule has 3 N–H and O–H groups in total. The van der Waals surface area contributed by atoms with Gasteiger partial charge in [0.1, 0.15) is 11.5 Å². The minimum Gasteiger partial charge on any atom is -0.508 e. The van der Waals surface area contributed by atoms with Crippen molar-refractivity contribution in [2.24, 2.45) is 0 Å². The third kappa shape index (κ3) is 4.88. The highest BCUT2D eigenvalue weighted by molar-refractivity contribution is 5.91. The van der Waals surface area contributed by atoms with E-state index in [0.29, 0.717) is 13.0 Å². The van der Waals surface area contributed by atoms with E-state index in [1.165, 1.54) is 6.08 Å².